The fourth-order valence-corrected chi connectivity index (χ4v) is 4.05. The van der Waals surface area contributed by atoms with Gasteiger partial charge in [-0.15, -0.1) is 0 Å². The number of nitrogens with zero attached hydrogens (tertiary/aromatic N) is 3. The zero-order valence-electron chi connectivity index (χ0n) is 18.2. The Balaban J connectivity index is 1.33. The van der Waals surface area contributed by atoms with Crippen molar-refractivity contribution in [2.24, 2.45) is 0 Å². The summed E-state index contributed by atoms with van der Waals surface area (Å²) in [5.74, 6) is 1.03. The minimum Gasteiger partial charge on any atom is -0.324 e. The fourth-order valence-electron chi connectivity index (χ4n) is 4.05. The lowest BCUT2D eigenvalue weighted by atomic mass is 10.0. The number of rotatable bonds is 7. The van der Waals surface area contributed by atoms with E-state index in [0.717, 1.165) is 36.7 Å². The Morgan fingerprint density at radius 1 is 0.750 bits per heavy atom. The van der Waals surface area contributed by atoms with Gasteiger partial charge in [0.1, 0.15) is 5.82 Å². The average molecular weight is 419 g/mol. The SMILES string of the molecule is Cc1nc2ccc(CNCc3ccccn3)cc2n1Cc1ccc(-c2ccccc2)cc1. The molecule has 0 atom stereocenters. The van der Waals surface area contributed by atoms with Crippen molar-refractivity contribution in [1.29, 1.82) is 0 Å². The van der Waals surface area contributed by atoms with Crippen molar-refractivity contribution in [3.63, 3.8) is 0 Å². The number of nitrogens with one attached hydrogen (secondary N) is 1. The minimum absolute atomic E-state index is 0.755. The average Bonchev–Trinajstić information content (AvgIpc) is 3.15. The predicted molar refractivity (Wildman–Crippen MR) is 130 cm³/mol. The van der Waals surface area contributed by atoms with Crippen molar-refractivity contribution in [2.45, 2.75) is 26.6 Å². The zero-order valence-corrected chi connectivity index (χ0v) is 18.2. The van der Waals surface area contributed by atoms with Crippen LogP contribution >= 0.6 is 0 Å². The first-order valence-corrected chi connectivity index (χ1v) is 11.0. The van der Waals surface area contributed by atoms with Gasteiger partial charge in [-0.25, -0.2) is 4.98 Å². The van der Waals surface area contributed by atoms with E-state index in [2.05, 4.69) is 88.5 Å². The van der Waals surface area contributed by atoms with Crippen molar-refractivity contribution >= 4 is 11.0 Å². The Labute approximate surface area is 188 Å². The highest BCUT2D eigenvalue weighted by atomic mass is 15.1. The summed E-state index contributed by atoms with van der Waals surface area (Å²) in [4.78, 5) is 9.15. The second-order valence-electron chi connectivity index (χ2n) is 8.06. The molecular formula is C28H26N4. The van der Waals surface area contributed by atoms with E-state index in [1.54, 1.807) is 0 Å². The van der Waals surface area contributed by atoms with Crippen LogP contribution in [0.15, 0.2) is 97.2 Å². The first-order chi connectivity index (χ1) is 15.8. The number of benzene rings is 3. The largest absolute Gasteiger partial charge is 0.324 e. The summed E-state index contributed by atoms with van der Waals surface area (Å²) in [7, 11) is 0. The molecule has 0 aliphatic heterocycles. The van der Waals surface area contributed by atoms with Crippen LogP contribution in [0.5, 0.6) is 0 Å². The van der Waals surface area contributed by atoms with Gasteiger partial charge in [0, 0.05) is 25.8 Å². The quantitative estimate of drug-likeness (QED) is 0.366. The third kappa shape index (κ3) is 4.46. The lowest BCUT2D eigenvalue weighted by Crippen LogP contribution is -2.13. The summed E-state index contributed by atoms with van der Waals surface area (Å²) < 4.78 is 2.30. The van der Waals surface area contributed by atoms with Crippen LogP contribution in [0.25, 0.3) is 22.2 Å². The molecular weight excluding hydrogens is 392 g/mol. The Morgan fingerprint density at radius 2 is 1.50 bits per heavy atom. The maximum Gasteiger partial charge on any atom is 0.107 e. The third-order valence-corrected chi connectivity index (χ3v) is 5.77. The highest BCUT2D eigenvalue weighted by Crippen LogP contribution is 2.22. The van der Waals surface area contributed by atoms with E-state index in [0.29, 0.717) is 0 Å². The highest BCUT2D eigenvalue weighted by Gasteiger charge is 2.09. The van der Waals surface area contributed by atoms with Gasteiger partial charge in [-0.3, -0.25) is 4.98 Å². The molecule has 4 heteroatoms. The summed E-state index contributed by atoms with van der Waals surface area (Å²) in [6.07, 6.45) is 1.83. The van der Waals surface area contributed by atoms with Crippen molar-refractivity contribution in [2.75, 3.05) is 0 Å². The summed E-state index contributed by atoms with van der Waals surface area (Å²) in [6, 6.07) is 31.8. The first-order valence-electron chi connectivity index (χ1n) is 11.0. The molecule has 2 aromatic heterocycles. The molecule has 0 aliphatic rings. The maximum atomic E-state index is 4.78. The van der Waals surface area contributed by atoms with E-state index in [1.807, 2.05) is 30.5 Å². The van der Waals surface area contributed by atoms with Crippen molar-refractivity contribution < 1.29 is 0 Å². The van der Waals surface area contributed by atoms with Gasteiger partial charge in [-0.1, -0.05) is 66.7 Å². The molecule has 0 unspecified atom stereocenters. The number of pyridine rings is 1. The second kappa shape index (κ2) is 9.16. The van der Waals surface area contributed by atoms with Gasteiger partial charge in [0.15, 0.2) is 0 Å². The molecule has 0 spiro atoms. The van der Waals surface area contributed by atoms with Crippen molar-refractivity contribution in [3.8, 4) is 11.1 Å². The van der Waals surface area contributed by atoms with E-state index in [1.165, 1.54) is 27.8 Å². The fraction of sp³-hybridized carbons (Fsp3) is 0.143. The van der Waals surface area contributed by atoms with Crippen LogP contribution in [0.4, 0.5) is 0 Å². The smallest absolute Gasteiger partial charge is 0.107 e. The molecule has 158 valence electrons. The summed E-state index contributed by atoms with van der Waals surface area (Å²) in [5.41, 5.74) is 8.26. The third-order valence-electron chi connectivity index (χ3n) is 5.77. The van der Waals surface area contributed by atoms with E-state index in [4.69, 9.17) is 4.98 Å². The molecule has 0 aliphatic carbocycles. The molecule has 2 heterocycles. The molecule has 0 amide bonds. The van der Waals surface area contributed by atoms with Crippen LogP contribution in [0.3, 0.4) is 0 Å². The van der Waals surface area contributed by atoms with Crippen molar-refractivity contribution in [3.05, 3.63) is 120 Å². The number of fused-ring (bicyclic) bond motifs is 1. The molecule has 5 aromatic rings. The lowest BCUT2D eigenvalue weighted by molar-refractivity contribution is 0.679. The molecule has 5 rings (SSSR count). The maximum absolute atomic E-state index is 4.78. The summed E-state index contributed by atoms with van der Waals surface area (Å²) in [6.45, 7) is 4.44. The zero-order chi connectivity index (χ0) is 21.8. The van der Waals surface area contributed by atoms with Gasteiger partial charge in [0.2, 0.25) is 0 Å². The highest BCUT2D eigenvalue weighted by molar-refractivity contribution is 5.77. The van der Waals surface area contributed by atoms with E-state index in [-0.39, 0.29) is 0 Å². The molecule has 0 fully saturated rings. The number of hydrogen-bond donors (Lipinski definition) is 1. The van der Waals surface area contributed by atoms with Gasteiger partial charge in [-0.05, 0) is 53.4 Å². The number of hydrogen-bond acceptors (Lipinski definition) is 3. The Hall–Kier alpha value is -3.76. The molecule has 0 radical (unpaired) electrons. The second-order valence-corrected chi connectivity index (χ2v) is 8.06. The molecule has 1 N–H and O–H groups in total. The number of aromatic nitrogens is 3. The van der Waals surface area contributed by atoms with Crippen LogP contribution in [0, 0.1) is 6.92 Å². The van der Waals surface area contributed by atoms with Gasteiger partial charge in [0.05, 0.1) is 16.7 Å². The summed E-state index contributed by atoms with van der Waals surface area (Å²) in [5, 5.41) is 3.49. The van der Waals surface area contributed by atoms with Crippen LogP contribution in [0.1, 0.15) is 22.6 Å². The molecule has 0 saturated carbocycles. The predicted octanol–water partition coefficient (Wildman–Crippen LogP) is 5.74. The molecule has 0 bridgehead atoms. The summed E-state index contributed by atoms with van der Waals surface area (Å²) >= 11 is 0. The van der Waals surface area contributed by atoms with Crippen LogP contribution in [-0.2, 0) is 19.6 Å². The number of imidazole rings is 1. The molecule has 4 nitrogen and oxygen atoms in total. The van der Waals surface area contributed by atoms with Gasteiger partial charge in [-0.2, -0.15) is 0 Å². The van der Waals surface area contributed by atoms with Crippen LogP contribution in [0.2, 0.25) is 0 Å². The molecule has 32 heavy (non-hydrogen) atoms. The normalized spacial score (nSPS) is 11.2. The van der Waals surface area contributed by atoms with Crippen molar-refractivity contribution in [1.82, 2.24) is 19.9 Å². The van der Waals surface area contributed by atoms with E-state index < -0.39 is 0 Å². The van der Waals surface area contributed by atoms with Gasteiger partial charge < -0.3 is 9.88 Å². The monoisotopic (exact) mass is 418 g/mol. The Morgan fingerprint density at radius 3 is 2.28 bits per heavy atom. The Kier molecular flexibility index (Phi) is 5.77. The van der Waals surface area contributed by atoms with Crippen LogP contribution < -0.4 is 5.32 Å². The Bertz CT molecular complexity index is 1310. The first kappa shape index (κ1) is 20.2. The van der Waals surface area contributed by atoms with E-state index >= 15 is 0 Å². The molecule has 0 saturated heterocycles. The standard InChI is InChI=1S/C28H26N4/c1-21-31-27-15-12-23(18-29-19-26-9-5-6-16-30-26)17-28(27)32(21)20-22-10-13-25(14-11-22)24-7-3-2-4-8-24/h2-17,29H,18-20H2,1H3. The minimum atomic E-state index is 0.755. The van der Waals surface area contributed by atoms with Crippen LogP contribution in [-0.4, -0.2) is 14.5 Å². The van der Waals surface area contributed by atoms with Gasteiger partial charge >= 0.3 is 0 Å². The van der Waals surface area contributed by atoms with Gasteiger partial charge in [0.25, 0.3) is 0 Å². The lowest BCUT2D eigenvalue weighted by Gasteiger charge is -2.10. The number of aryl methyl sites for hydroxylation is 1. The molecule has 3 aromatic carbocycles. The van der Waals surface area contributed by atoms with E-state index in [9.17, 15) is 0 Å². The topological polar surface area (TPSA) is 42.7 Å².